The number of fused-ring (bicyclic) bond motifs is 1. The molecule has 2 N–H and O–H groups in total. The lowest BCUT2D eigenvalue weighted by atomic mass is 10.2. The summed E-state index contributed by atoms with van der Waals surface area (Å²) in [7, 11) is -3.96. The number of aromatic nitrogens is 1. The Hall–Kier alpha value is -2.88. The van der Waals surface area contributed by atoms with Gasteiger partial charge in [0.25, 0.3) is 0 Å². The molecular weight excluding hydrogens is 579 g/mol. The smallest absolute Gasteiger partial charge is 0.243 e. The molecule has 11 heteroatoms. The summed E-state index contributed by atoms with van der Waals surface area (Å²) < 4.78 is 28.1. The average Bonchev–Trinajstić information content (AvgIpc) is 2.90. The SMILES string of the molecule is Cc1ccc(S(=O)(=O)N(CC(=O)NCCCNc2ccnc3cc(Cl)ccc23)Cc2ccc(Cl)c(Cl)c2)cc1. The fourth-order valence-corrected chi connectivity index (χ4v) is 5.83. The molecule has 0 atom stereocenters. The molecule has 0 saturated carbocycles. The normalized spacial score (nSPS) is 11.6. The van der Waals surface area contributed by atoms with E-state index in [2.05, 4.69) is 15.6 Å². The Morgan fingerprint density at radius 3 is 2.44 bits per heavy atom. The van der Waals surface area contributed by atoms with Gasteiger partial charge in [-0.25, -0.2) is 8.42 Å². The van der Waals surface area contributed by atoms with Crippen molar-refractivity contribution in [3.05, 3.63) is 99.1 Å². The van der Waals surface area contributed by atoms with Crippen molar-refractivity contribution in [1.82, 2.24) is 14.6 Å². The van der Waals surface area contributed by atoms with Crippen LogP contribution in [0.25, 0.3) is 10.9 Å². The summed E-state index contributed by atoms with van der Waals surface area (Å²) in [4.78, 5) is 17.3. The predicted octanol–water partition coefficient (Wildman–Crippen LogP) is 6.31. The monoisotopic (exact) mass is 604 g/mol. The van der Waals surface area contributed by atoms with Crippen LogP contribution >= 0.6 is 34.8 Å². The van der Waals surface area contributed by atoms with Crippen molar-refractivity contribution in [2.24, 2.45) is 0 Å². The van der Waals surface area contributed by atoms with E-state index in [0.717, 1.165) is 26.5 Å². The highest BCUT2D eigenvalue weighted by Gasteiger charge is 2.27. The van der Waals surface area contributed by atoms with Gasteiger partial charge in [0.1, 0.15) is 0 Å². The molecule has 1 heterocycles. The van der Waals surface area contributed by atoms with Gasteiger partial charge in [0.2, 0.25) is 15.9 Å². The third-order valence-corrected chi connectivity index (χ3v) is 8.80. The van der Waals surface area contributed by atoms with Crippen molar-refractivity contribution in [3.8, 4) is 0 Å². The molecule has 0 aliphatic heterocycles. The quantitative estimate of drug-likeness (QED) is 0.196. The van der Waals surface area contributed by atoms with Crippen LogP contribution in [-0.4, -0.2) is 43.2 Å². The number of amides is 1. The van der Waals surface area contributed by atoms with Crippen LogP contribution in [0.5, 0.6) is 0 Å². The van der Waals surface area contributed by atoms with Gasteiger partial charge in [0, 0.05) is 41.9 Å². The molecule has 0 aliphatic carbocycles. The van der Waals surface area contributed by atoms with E-state index in [1.807, 2.05) is 25.1 Å². The Balaban J connectivity index is 1.38. The van der Waals surface area contributed by atoms with E-state index in [0.29, 0.717) is 40.1 Å². The number of benzene rings is 3. The minimum Gasteiger partial charge on any atom is -0.384 e. The number of nitrogens with zero attached hydrogens (tertiary/aromatic N) is 2. The van der Waals surface area contributed by atoms with Gasteiger partial charge < -0.3 is 10.6 Å². The van der Waals surface area contributed by atoms with Crippen molar-refractivity contribution >= 4 is 67.3 Å². The van der Waals surface area contributed by atoms with Crippen LogP contribution in [0.15, 0.2) is 77.8 Å². The number of hydrogen-bond acceptors (Lipinski definition) is 5. The van der Waals surface area contributed by atoms with E-state index in [1.165, 1.54) is 12.1 Å². The second-order valence-electron chi connectivity index (χ2n) is 8.98. The van der Waals surface area contributed by atoms with E-state index in [4.69, 9.17) is 34.8 Å². The first-order valence-electron chi connectivity index (χ1n) is 12.2. The zero-order valence-corrected chi connectivity index (χ0v) is 24.2. The molecule has 39 heavy (non-hydrogen) atoms. The molecule has 0 radical (unpaired) electrons. The van der Waals surface area contributed by atoms with Gasteiger partial charge in [-0.05, 0) is 67.4 Å². The fourth-order valence-electron chi connectivity index (χ4n) is 3.96. The summed E-state index contributed by atoms with van der Waals surface area (Å²) in [6.45, 7) is 2.45. The Morgan fingerprint density at radius 2 is 1.69 bits per heavy atom. The predicted molar refractivity (Wildman–Crippen MR) is 158 cm³/mol. The van der Waals surface area contributed by atoms with Gasteiger partial charge in [-0.2, -0.15) is 4.31 Å². The lowest BCUT2D eigenvalue weighted by molar-refractivity contribution is -0.121. The first-order chi connectivity index (χ1) is 18.6. The van der Waals surface area contributed by atoms with Gasteiger partial charge in [-0.3, -0.25) is 9.78 Å². The number of hydrogen-bond donors (Lipinski definition) is 2. The van der Waals surface area contributed by atoms with Gasteiger partial charge in [0.15, 0.2) is 0 Å². The third-order valence-electron chi connectivity index (χ3n) is 6.02. The molecule has 0 spiro atoms. The molecule has 1 amide bonds. The molecule has 0 bridgehead atoms. The topological polar surface area (TPSA) is 91.4 Å². The molecule has 0 fully saturated rings. The molecule has 3 aromatic carbocycles. The zero-order chi connectivity index (χ0) is 28.0. The largest absolute Gasteiger partial charge is 0.384 e. The van der Waals surface area contributed by atoms with Crippen molar-refractivity contribution in [3.63, 3.8) is 0 Å². The number of carbonyl (C=O) groups is 1. The lowest BCUT2D eigenvalue weighted by Gasteiger charge is -2.22. The Morgan fingerprint density at radius 1 is 0.923 bits per heavy atom. The number of anilines is 1. The number of nitrogens with one attached hydrogen (secondary N) is 2. The highest BCUT2D eigenvalue weighted by Crippen LogP contribution is 2.26. The van der Waals surface area contributed by atoms with E-state index >= 15 is 0 Å². The van der Waals surface area contributed by atoms with E-state index in [9.17, 15) is 13.2 Å². The molecule has 204 valence electrons. The fraction of sp³-hybridized carbons (Fsp3) is 0.214. The van der Waals surface area contributed by atoms with Crippen molar-refractivity contribution in [2.75, 3.05) is 25.0 Å². The van der Waals surface area contributed by atoms with Crippen LogP contribution in [0.2, 0.25) is 15.1 Å². The maximum Gasteiger partial charge on any atom is 0.243 e. The second-order valence-corrected chi connectivity index (χ2v) is 12.2. The number of sulfonamides is 1. The molecular formula is C28H27Cl3N4O3S. The Kier molecular flexibility index (Phi) is 9.69. The van der Waals surface area contributed by atoms with E-state index < -0.39 is 15.9 Å². The Bertz CT molecular complexity index is 1580. The van der Waals surface area contributed by atoms with Crippen molar-refractivity contribution < 1.29 is 13.2 Å². The molecule has 4 aromatic rings. The number of aryl methyl sites for hydroxylation is 1. The summed E-state index contributed by atoms with van der Waals surface area (Å²) in [6, 6.07) is 18.8. The second kappa shape index (κ2) is 13.0. The summed E-state index contributed by atoms with van der Waals surface area (Å²) in [6.07, 6.45) is 2.33. The van der Waals surface area contributed by atoms with Crippen LogP contribution in [0.1, 0.15) is 17.5 Å². The molecule has 4 rings (SSSR count). The first kappa shape index (κ1) is 29.1. The Labute approximate surface area is 243 Å². The summed E-state index contributed by atoms with van der Waals surface area (Å²) in [5.41, 5.74) is 3.25. The van der Waals surface area contributed by atoms with Crippen LogP contribution < -0.4 is 10.6 Å². The minimum absolute atomic E-state index is 0.0405. The van der Waals surface area contributed by atoms with Gasteiger partial charge in [-0.1, -0.05) is 58.6 Å². The van der Waals surface area contributed by atoms with Crippen LogP contribution in [-0.2, 0) is 21.4 Å². The van der Waals surface area contributed by atoms with Gasteiger partial charge in [-0.15, -0.1) is 0 Å². The molecule has 0 aliphatic rings. The highest BCUT2D eigenvalue weighted by molar-refractivity contribution is 7.89. The molecule has 7 nitrogen and oxygen atoms in total. The van der Waals surface area contributed by atoms with Crippen LogP contribution in [0, 0.1) is 6.92 Å². The summed E-state index contributed by atoms with van der Waals surface area (Å²) in [5.74, 6) is -0.408. The van der Waals surface area contributed by atoms with Gasteiger partial charge >= 0.3 is 0 Å². The maximum atomic E-state index is 13.5. The maximum absolute atomic E-state index is 13.5. The van der Waals surface area contributed by atoms with Crippen molar-refractivity contribution in [2.45, 2.75) is 24.8 Å². The van der Waals surface area contributed by atoms with Crippen LogP contribution in [0.3, 0.4) is 0 Å². The third kappa shape index (κ3) is 7.62. The number of carbonyl (C=O) groups excluding carboxylic acids is 1. The molecule has 0 unspecified atom stereocenters. The van der Waals surface area contributed by atoms with E-state index in [1.54, 1.807) is 42.6 Å². The lowest BCUT2D eigenvalue weighted by Crippen LogP contribution is -2.40. The average molecular weight is 606 g/mol. The minimum atomic E-state index is -3.96. The highest BCUT2D eigenvalue weighted by atomic mass is 35.5. The number of halogens is 3. The molecule has 0 saturated heterocycles. The first-order valence-corrected chi connectivity index (χ1v) is 14.8. The number of rotatable bonds is 11. The number of pyridine rings is 1. The molecule has 1 aromatic heterocycles. The van der Waals surface area contributed by atoms with Crippen LogP contribution in [0.4, 0.5) is 5.69 Å². The summed E-state index contributed by atoms with van der Waals surface area (Å²) >= 11 is 18.2. The standard InChI is InChI=1S/C28H27Cl3N4O3S/c1-19-3-7-22(8-4-19)39(37,38)35(17-20-5-10-24(30)25(31)15-20)18-28(36)34-13-2-12-32-26-11-14-33-27-16-21(29)6-9-23(26)27/h3-11,14-16H,2,12-13,17-18H2,1H3,(H,32,33)(H,34,36). The van der Waals surface area contributed by atoms with Gasteiger partial charge in [0.05, 0.1) is 27.0 Å². The summed E-state index contributed by atoms with van der Waals surface area (Å²) in [5, 5.41) is 8.41. The zero-order valence-electron chi connectivity index (χ0n) is 21.1. The van der Waals surface area contributed by atoms with Crippen molar-refractivity contribution in [1.29, 1.82) is 0 Å². The van der Waals surface area contributed by atoms with E-state index in [-0.39, 0.29) is 18.0 Å².